The first kappa shape index (κ1) is 30.6. The molecule has 12 nitrogen and oxygen atoms in total. The summed E-state index contributed by atoms with van der Waals surface area (Å²) in [4.78, 5) is 31.8. The summed E-state index contributed by atoms with van der Waals surface area (Å²) in [6.07, 6.45) is 3.79. The number of rotatable bonds is 9. The maximum absolute atomic E-state index is 13.9. The number of aromatic nitrogens is 4. The molecular weight excluding hydrogens is 601 g/mol. The number of carbonyl (C=O) groups is 2. The second-order valence-electron chi connectivity index (χ2n) is 9.85. The summed E-state index contributed by atoms with van der Waals surface area (Å²) >= 11 is 0. The summed E-state index contributed by atoms with van der Waals surface area (Å²) in [7, 11) is -2.49. The molecule has 14 heteroatoms. The van der Waals surface area contributed by atoms with Crippen LogP contribution in [0.25, 0.3) is 11.4 Å². The standard InChI is InChI=1S/C31H26FN7O5S/c1-44-31(41)37(19-21-6-4-3-5-7-21)20-28-34-14-15-38(28)24-10-8-23(9-11-24)35-30(40)27-17-29(45(2,42)43)36-39(27)25-12-13-26(32)22(16-25)18-33/h3-17H,19-20H2,1-2H3,(H,35,40). The molecule has 0 aliphatic rings. The van der Waals surface area contributed by atoms with Gasteiger partial charge in [-0.15, -0.1) is 0 Å². The van der Waals surface area contributed by atoms with Crippen molar-refractivity contribution in [3.8, 4) is 17.4 Å². The zero-order valence-electron chi connectivity index (χ0n) is 24.1. The fraction of sp³-hybridized carbons (Fsp3) is 0.129. The van der Waals surface area contributed by atoms with E-state index in [9.17, 15) is 27.7 Å². The Hall–Kier alpha value is -5.81. The first-order chi connectivity index (χ1) is 21.6. The number of hydrogen-bond acceptors (Lipinski definition) is 8. The van der Waals surface area contributed by atoms with Gasteiger partial charge in [-0.05, 0) is 48.0 Å². The van der Waals surface area contributed by atoms with Crippen LogP contribution in [0.5, 0.6) is 0 Å². The second-order valence-corrected chi connectivity index (χ2v) is 11.8. The summed E-state index contributed by atoms with van der Waals surface area (Å²) in [6, 6.07) is 22.5. The third-order valence-electron chi connectivity index (χ3n) is 6.72. The third kappa shape index (κ3) is 6.89. The number of amides is 2. The van der Waals surface area contributed by atoms with E-state index in [2.05, 4.69) is 15.4 Å². The SMILES string of the molecule is COC(=O)N(Cc1ccccc1)Cc1nccn1-c1ccc(NC(=O)c2cc(S(C)(=O)=O)nn2-c2ccc(F)c(C#N)c2)cc1. The van der Waals surface area contributed by atoms with E-state index in [1.54, 1.807) is 47.3 Å². The molecule has 0 saturated heterocycles. The van der Waals surface area contributed by atoms with Gasteiger partial charge in [0.2, 0.25) is 0 Å². The van der Waals surface area contributed by atoms with Crippen LogP contribution in [0.1, 0.15) is 27.4 Å². The van der Waals surface area contributed by atoms with Crippen LogP contribution in [0, 0.1) is 17.1 Å². The number of methoxy groups -OCH3 is 1. The van der Waals surface area contributed by atoms with Crippen molar-refractivity contribution in [3.63, 3.8) is 0 Å². The van der Waals surface area contributed by atoms with Crippen molar-refractivity contribution in [2.24, 2.45) is 0 Å². The molecule has 0 aliphatic heterocycles. The molecule has 5 aromatic rings. The smallest absolute Gasteiger partial charge is 0.410 e. The van der Waals surface area contributed by atoms with Gasteiger partial charge in [-0.1, -0.05) is 30.3 Å². The number of carbonyl (C=O) groups excluding carboxylic acids is 2. The number of nitriles is 1. The number of nitrogens with one attached hydrogen (secondary N) is 1. The van der Waals surface area contributed by atoms with Crippen LogP contribution in [0.4, 0.5) is 14.9 Å². The largest absolute Gasteiger partial charge is 0.453 e. The predicted octanol–water partition coefficient (Wildman–Crippen LogP) is 4.49. The average Bonchev–Trinajstić information content (AvgIpc) is 3.70. The minimum absolute atomic E-state index is 0.129. The molecular formula is C31H26FN7O5S. The van der Waals surface area contributed by atoms with Crippen molar-refractivity contribution in [1.82, 2.24) is 24.2 Å². The van der Waals surface area contributed by atoms with Crippen LogP contribution >= 0.6 is 0 Å². The maximum Gasteiger partial charge on any atom is 0.410 e. The molecule has 1 N–H and O–H groups in total. The Labute approximate surface area is 257 Å². The number of hydrogen-bond donors (Lipinski definition) is 1. The molecule has 2 amide bonds. The average molecular weight is 628 g/mol. The van der Waals surface area contributed by atoms with Crippen LogP contribution in [0.15, 0.2) is 96.3 Å². The van der Waals surface area contributed by atoms with E-state index in [1.807, 2.05) is 30.3 Å². The molecule has 0 fully saturated rings. The number of anilines is 1. The highest BCUT2D eigenvalue weighted by Crippen LogP contribution is 2.22. The minimum atomic E-state index is -3.80. The normalized spacial score (nSPS) is 11.1. The van der Waals surface area contributed by atoms with Gasteiger partial charge in [0, 0.05) is 42.6 Å². The van der Waals surface area contributed by atoms with E-state index in [0.29, 0.717) is 23.7 Å². The fourth-order valence-corrected chi connectivity index (χ4v) is 5.06. The Bertz CT molecular complexity index is 2020. The van der Waals surface area contributed by atoms with Crippen LogP contribution in [-0.4, -0.2) is 58.0 Å². The molecule has 45 heavy (non-hydrogen) atoms. The lowest BCUT2D eigenvalue weighted by atomic mass is 10.2. The van der Waals surface area contributed by atoms with Crippen molar-refractivity contribution >= 4 is 27.5 Å². The van der Waals surface area contributed by atoms with Crippen molar-refractivity contribution in [2.75, 3.05) is 18.7 Å². The van der Waals surface area contributed by atoms with Crippen molar-refractivity contribution in [1.29, 1.82) is 5.26 Å². The molecule has 2 heterocycles. The van der Waals surface area contributed by atoms with Gasteiger partial charge in [-0.2, -0.15) is 10.4 Å². The van der Waals surface area contributed by atoms with Crippen molar-refractivity contribution in [3.05, 3.63) is 120 Å². The summed E-state index contributed by atoms with van der Waals surface area (Å²) < 4.78 is 46.2. The quantitative estimate of drug-likeness (QED) is 0.251. The molecule has 0 spiro atoms. The van der Waals surface area contributed by atoms with Crippen molar-refractivity contribution in [2.45, 2.75) is 18.1 Å². The highest BCUT2D eigenvalue weighted by atomic mass is 32.2. The Morgan fingerprint density at radius 1 is 1.02 bits per heavy atom. The number of halogens is 1. The van der Waals surface area contributed by atoms with E-state index in [-0.39, 0.29) is 28.5 Å². The zero-order valence-corrected chi connectivity index (χ0v) is 24.9. The van der Waals surface area contributed by atoms with Gasteiger partial charge in [0.05, 0.1) is 24.9 Å². The predicted molar refractivity (Wildman–Crippen MR) is 161 cm³/mol. The van der Waals surface area contributed by atoms with Crippen LogP contribution in [0.3, 0.4) is 0 Å². The summed E-state index contributed by atoms with van der Waals surface area (Å²) in [5, 5.41) is 15.6. The monoisotopic (exact) mass is 627 g/mol. The number of benzene rings is 3. The maximum atomic E-state index is 13.9. The molecule has 0 radical (unpaired) electrons. The lowest BCUT2D eigenvalue weighted by Crippen LogP contribution is -2.31. The Morgan fingerprint density at radius 2 is 1.73 bits per heavy atom. The Morgan fingerprint density at radius 3 is 2.40 bits per heavy atom. The molecule has 0 aliphatic carbocycles. The van der Waals surface area contributed by atoms with Crippen LogP contribution in [-0.2, 0) is 27.7 Å². The van der Waals surface area contributed by atoms with E-state index in [4.69, 9.17) is 4.74 Å². The van der Waals surface area contributed by atoms with E-state index in [1.165, 1.54) is 24.1 Å². The first-order valence-electron chi connectivity index (χ1n) is 13.4. The molecule has 0 saturated carbocycles. The minimum Gasteiger partial charge on any atom is -0.453 e. The second kappa shape index (κ2) is 12.8. The number of sulfone groups is 1. The fourth-order valence-electron chi connectivity index (χ4n) is 4.51. The molecule has 5 rings (SSSR count). The van der Waals surface area contributed by atoms with Crippen LogP contribution in [0.2, 0.25) is 0 Å². The molecule has 3 aromatic carbocycles. The van der Waals surface area contributed by atoms with E-state index >= 15 is 0 Å². The Balaban J connectivity index is 1.37. The summed E-state index contributed by atoms with van der Waals surface area (Å²) in [6.45, 7) is 0.481. The summed E-state index contributed by atoms with van der Waals surface area (Å²) in [5.41, 5.74) is 1.70. The van der Waals surface area contributed by atoms with Gasteiger partial charge in [-0.3, -0.25) is 9.69 Å². The van der Waals surface area contributed by atoms with Gasteiger partial charge in [0.1, 0.15) is 23.4 Å². The van der Waals surface area contributed by atoms with Gasteiger partial charge in [-0.25, -0.2) is 27.3 Å². The van der Waals surface area contributed by atoms with Gasteiger partial charge < -0.3 is 14.6 Å². The molecule has 0 atom stereocenters. The van der Waals surface area contributed by atoms with Crippen LogP contribution < -0.4 is 5.32 Å². The van der Waals surface area contributed by atoms with E-state index < -0.39 is 27.7 Å². The molecule has 0 bridgehead atoms. The van der Waals surface area contributed by atoms with Crippen molar-refractivity contribution < 1.29 is 27.1 Å². The highest BCUT2D eigenvalue weighted by Gasteiger charge is 2.23. The first-order valence-corrected chi connectivity index (χ1v) is 15.3. The van der Waals surface area contributed by atoms with Gasteiger partial charge >= 0.3 is 6.09 Å². The lowest BCUT2D eigenvalue weighted by Gasteiger charge is -2.21. The number of nitrogens with zero attached hydrogens (tertiary/aromatic N) is 6. The lowest BCUT2D eigenvalue weighted by molar-refractivity contribution is 0.101. The summed E-state index contributed by atoms with van der Waals surface area (Å²) in [5.74, 6) is -0.884. The van der Waals surface area contributed by atoms with Gasteiger partial charge in [0.15, 0.2) is 14.9 Å². The topological polar surface area (TPSA) is 152 Å². The number of imidazole rings is 1. The third-order valence-corrected chi connectivity index (χ3v) is 7.68. The molecule has 2 aromatic heterocycles. The van der Waals surface area contributed by atoms with E-state index in [0.717, 1.165) is 28.6 Å². The van der Waals surface area contributed by atoms with Gasteiger partial charge in [0.25, 0.3) is 5.91 Å². The molecule has 228 valence electrons. The Kier molecular flexibility index (Phi) is 8.73. The highest BCUT2D eigenvalue weighted by molar-refractivity contribution is 7.90. The molecule has 0 unspecified atom stereocenters. The zero-order chi connectivity index (χ0) is 32.1. The number of ether oxygens (including phenoxy) is 1.